The number of aromatic nitrogens is 2. The lowest BCUT2D eigenvalue weighted by Crippen LogP contribution is -2.15. The summed E-state index contributed by atoms with van der Waals surface area (Å²) in [5, 5.41) is 7.62. The fraction of sp³-hybridized carbons (Fsp3) is 0.120. The van der Waals surface area contributed by atoms with Gasteiger partial charge in [0.2, 0.25) is 0 Å². The Morgan fingerprint density at radius 2 is 1.62 bits per heavy atom. The highest BCUT2D eigenvalue weighted by molar-refractivity contribution is 6.09. The molecule has 0 spiro atoms. The molecule has 0 aliphatic rings. The Bertz CT molecular complexity index is 1240. The van der Waals surface area contributed by atoms with E-state index in [1.807, 2.05) is 67.6 Å². The molecule has 0 bridgehead atoms. The minimum Gasteiger partial charge on any atom is -0.435 e. The van der Waals surface area contributed by atoms with Gasteiger partial charge >= 0.3 is 6.61 Å². The van der Waals surface area contributed by atoms with Crippen LogP contribution in [0.4, 0.5) is 14.5 Å². The quantitative estimate of drug-likeness (QED) is 0.405. The lowest BCUT2D eigenvalue weighted by Gasteiger charge is -2.12. The molecule has 4 aromatic rings. The van der Waals surface area contributed by atoms with E-state index in [9.17, 15) is 13.6 Å². The maximum Gasteiger partial charge on any atom is 0.387 e. The summed E-state index contributed by atoms with van der Waals surface area (Å²) in [5.41, 5.74) is 4.43. The molecule has 1 N–H and O–H groups in total. The van der Waals surface area contributed by atoms with Gasteiger partial charge in [-0.25, -0.2) is 4.68 Å². The molecule has 0 aliphatic carbocycles. The number of carbonyl (C=O) groups excluding carboxylic acids is 1. The van der Waals surface area contributed by atoms with Gasteiger partial charge in [0.25, 0.3) is 5.91 Å². The van der Waals surface area contributed by atoms with Crippen molar-refractivity contribution in [3.8, 4) is 22.7 Å². The van der Waals surface area contributed by atoms with Crippen LogP contribution in [-0.4, -0.2) is 22.3 Å². The number of aryl methyl sites for hydroxylation is 1. The first kappa shape index (κ1) is 21.2. The summed E-state index contributed by atoms with van der Waals surface area (Å²) >= 11 is 0. The zero-order chi connectivity index (χ0) is 22.7. The highest BCUT2D eigenvalue weighted by atomic mass is 19.3. The van der Waals surface area contributed by atoms with Crippen LogP contribution in [0, 0.1) is 13.8 Å². The Morgan fingerprint density at radius 1 is 0.969 bits per heavy atom. The van der Waals surface area contributed by atoms with Crippen molar-refractivity contribution >= 4 is 11.6 Å². The van der Waals surface area contributed by atoms with Gasteiger partial charge in [0.05, 0.1) is 16.9 Å². The number of rotatable bonds is 6. The normalized spacial score (nSPS) is 10.9. The van der Waals surface area contributed by atoms with Crippen LogP contribution in [0.1, 0.15) is 21.6 Å². The predicted molar refractivity (Wildman–Crippen MR) is 120 cm³/mol. The van der Waals surface area contributed by atoms with E-state index in [0.29, 0.717) is 28.2 Å². The molecule has 0 atom stereocenters. The number of benzene rings is 3. The summed E-state index contributed by atoms with van der Waals surface area (Å²) in [6.07, 6.45) is 0. The number of ether oxygens (including phenoxy) is 1. The van der Waals surface area contributed by atoms with Crippen molar-refractivity contribution < 1.29 is 18.3 Å². The lowest BCUT2D eigenvalue weighted by molar-refractivity contribution is -0.0498. The molecule has 0 saturated heterocycles. The summed E-state index contributed by atoms with van der Waals surface area (Å²) in [6, 6.07) is 23.4. The molecular formula is C25H21F2N3O2. The molecule has 5 nitrogen and oxygen atoms in total. The van der Waals surface area contributed by atoms with E-state index in [-0.39, 0.29) is 11.7 Å². The lowest BCUT2D eigenvalue weighted by atomic mass is 10.0. The van der Waals surface area contributed by atoms with Crippen molar-refractivity contribution in [3.63, 3.8) is 0 Å². The average molecular weight is 433 g/mol. The standard InChI is InChI=1S/C25H21F2N3O2/c1-16-15-20(32-25(26)27)13-14-21(16)28-24(31)22-17(2)30(19-11-7-4-8-12-19)29-23(22)18-9-5-3-6-10-18/h3-15,25H,1-2H3,(H,28,31). The van der Waals surface area contributed by atoms with E-state index in [4.69, 9.17) is 5.10 Å². The summed E-state index contributed by atoms with van der Waals surface area (Å²) in [7, 11) is 0. The molecule has 3 aromatic carbocycles. The van der Waals surface area contributed by atoms with E-state index in [2.05, 4.69) is 10.1 Å². The van der Waals surface area contributed by atoms with Crippen LogP contribution in [-0.2, 0) is 0 Å². The summed E-state index contributed by atoms with van der Waals surface area (Å²) in [6.45, 7) is 0.648. The minimum absolute atomic E-state index is 0.0357. The van der Waals surface area contributed by atoms with Crippen LogP contribution in [0.5, 0.6) is 5.75 Å². The number of halogens is 2. The van der Waals surface area contributed by atoms with Gasteiger partial charge in [0.15, 0.2) is 0 Å². The molecule has 4 rings (SSSR count). The molecule has 7 heteroatoms. The number of hydrogen-bond donors (Lipinski definition) is 1. The highest BCUT2D eigenvalue weighted by Crippen LogP contribution is 2.29. The second-order valence-electron chi connectivity index (χ2n) is 7.23. The van der Waals surface area contributed by atoms with Crippen molar-refractivity contribution in [1.29, 1.82) is 0 Å². The fourth-order valence-corrected chi connectivity index (χ4v) is 3.53. The maximum atomic E-state index is 13.4. The third-order valence-electron chi connectivity index (χ3n) is 5.06. The Morgan fingerprint density at radius 3 is 2.25 bits per heavy atom. The third-order valence-corrected chi connectivity index (χ3v) is 5.06. The van der Waals surface area contributed by atoms with E-state index in [1.54, 1.807) is 17.7 Å². The smallest absolute Gasteiger partial charge is 0.387 e. The first-order chi connectivity index (χ1) is 15.4. The predicted octanol–water partition coefficient (Wildman–Crippen LogP) is 6.01. The van der Waals surface area contributed by atoms with Crippen LogP contribution >= 0.6 is 0 Å². The first-order valence-corrected chi connectivity index (χ1v) is 10.0. The summed E-state index contributed by atoms with van der Waals surface area (Å²) in [4.78, 5) is 13.4. The van der Waals surface area contributed by atoms with Crippen LogP contribution in [0.15, 0.2) is 78.9 Å². The number of alkyl halides is 2. The Hall–Kier alpha value is -4.00. The Balaban J connectivity index is 1.74. The summed E-state index contributed by atoms with van der Waals surface area (Å²) in [5.74, 6) is -0.303. The molecular weight excluding hydrogens is 412 g/mol. The SMILES string of the molecule is Cc1cc(OC(F)F)ccc1NC(=O)c1c(-c2ccccc2)nn(-c2ccccc2)c1C. The van der Waals surface area contributed by atoms with Gasteiger partial charge in [-0.2, -0.15) is 13.9 Å². The molecule has 162 valence electrons. The molecule has 0 fully saturated rings. The second kappa shape index (κ2) is 9.01. The zero-order valence-electron chi connectivity index (χ0n) is 17.5. The van der Waals surface area contributed by atoms with Gasteiger partial charge in [-0.3, -0.25) is 4.79 Å². The van der Waals surface area contributed by atoms with Crippen LogP contribution in [0.3, 0.4) is 0 Å². The van der Waals surface area contributed by atoms with Gasteiger partial charge in [0.1, 0.15) is 11.4 Å². The number of para-hydroxylation sites is 1. The average Bonchev–Trinajstić information content (AvgIpc) is 3.13. The van der Waals surface area contributed by atoms with E-state index < -0.39 is 6.61 Å². The van der Waals surface area contributed by atoms with E-state index >= 15 is 0 Å². The minimum atomic E-state index is -2.91. The van der Waals surface area contributed by atoms with E-state index in [0.717, 1.165) is 11.3 Å². The van der Waals surface area contributed by atoms with Crippen LogP contribution in [0.25, 0.3) is 16.9 Å². The Labute approximate surface area is 184 Å². The summed E-state index contributed by atoms with van der Waals surface area (Å²) < 4.78 is 31.1. The van der Waals surface area contributed by atoms with E-state index in [1.165, 1.54) is 12.1 Å². The van der Waals surface area contributed by atoms with Gasteiger partial charge in [0, 0.05) is 11.3 Å². The third kappa shape index (κ3) is 4.37. The van der Waals surface area contributed by atoms with Crippen molar-refractivity contribution in [2.45, 2.75) is 20.5 Å². The number of hydrogen-bond acceptors (Lipinski definition) is 3. The topological polar surface area (TPSA) is 56.1 Å². The van der Waals surface area contributed by atoms with Crippen molar-refractivity contribution in [2.75, 3.05) is 5.32 Å². The van der Waals surface area contributed by atoms with Crippen molar-refractivity contribution in [2.24, 2.45) is 0 Å². The van der Waals surface area contributed by atoms with Gasteiger partial charge in [-0.1, -0.05) is 48.5 Å². The molecule has 1 amide bonds. The first-order valence-electron chi connectivity index (χ1n) is 10.0. The van der Waals surface area contributed by atoms with Gasteiger partial charge in [-0.15, -0.1) is 0 Å². The molecule has 0 saturated carbocycles. The molecule has 32 heavy (non-hydrogen) atoms. The number of anilines is 1. The zero-order valence-corrected chi connectivity index (χ0v) is 17.5. The monoisotopic (exact) mass is 433 g/mol. The van der Waals surface area contributed by atoms with Gasteiger partial charge in [-0.05, 0) is 49.7 Å². The second-order valence-corrected chi connectivity index (χ2v) is 7.23. The van der Waals surface area contributed by atoms with Crippen molar-refractivity contribution in [1.82, 2.24) is 9.78 Å². The molecule has 1 heterocycles. The largest absolute Gasteiger partial charge is 0.435 e. The molecule has 0 unspecified atom stereocenters. The maximum absolute atomic E-state index is 13.4. The number of nitrogens with one attached hydrogen (secondary N) is 1. The highest BCUT2D eigenvalue weighted by Gasteiger charge is 2.23. The fourth-order valence-electron chi connectivity index (χ4n) is 3.53. The molecule has 0 aliphatic heterocycles. The number of amides is 1. The van der Waals surface area contributed by atoms with Crippen molar-refractivity contribution in [3.05, 3.63) is 95.7 Å². The van der Waals surface area contributed by atoms with Crippen LogP contribution < -0.4 is 10.1 Å². The molecule has 0 radical (unpaired) electrons. The molecule has 1 aromatic heterocycles. The van der Waals surface area contributed by atoms with Crippen LogP contribution in [0.2, 0.25) is 0 Å². The number of carbonyl (C=O) groups is 1. The Kier molecular flexibility index (Phi) is 5.98. The number of nitrogens with zero attached hydrogens (tertiary/aromatic N) is 2. The van der Waals surface area contributed by atoms with Gasteiger partial charge < -0.3 is 10.1 Å².